The van der Waals surface area contributed by atoms with Gasteiger partial charge in [0.2, 0.25) is 94.5 Å². The number of phenolic OH excluding ortho intramolecular Hbond substituents is 1. The van der Waals surface area contributed by atoms with E-state index in [1.807, 2.05) is 0 Å². The van der Waals surface area contributed by atoms with Gasteiger partial charge in [-0.25, -0.2) is 4.79 Å². The number of nitrogens with two attached hydrogens (primary N) is 8. The maximum Gasteiger partial charge on any atom is 0.327 e. The van der Waals surface area contributed by atoms with Crippen molar-refractivity contribution in [1.29, 1.82) is 16.2 Å². The molecule has 0 unspecified atom stereocenters. The predicted molar refractivity (Wildman–Crippen MR) is 463 cm³/mol. The van der Waals surface area contributed by atoms with Crippen LogP contribution in [0.15, 0.2) is 24.3 Å². The Morgan fingerprint density at radius 3 is 1.16 bits per heavy atom. The zero-order valence-electron chi connectivity index (χ0n) is 71.5. The molecule has 0 aliphatic carbocycles. The average Bonchev–Trinajstić information content (AvgIpc) is 1.71. The van der Waals surface area contributed by atoms with Gasteiger partial charge in [-0.2, -0.15) is 12.6 Å². The molecule has 1 saturated heterocycles. The number of carbonyl (C=O) groups excluding carboxylic acids is 16. The van der Waals surface area contributed by atoms with E-state index in [0.717, 1.165) is 0 Å². The molecule has 1 fully saturated rings. The Bertz CT molecular complexity index is 3930. The van der Waals surface area contributed by atoms with E-state index in [9.17, 15) is 117 Å². The standard InChI is InChI=1S/C75H129N29O24S/c76-24-4-1-11-42(60(115)90-33-56(110)92-47(22-23-55(80)109)61(116)91-34-57(111)93-51(36-106)68(123)97-43(12-2-5-25-77)65(120)103-53(38-129)72(127)128)94-63(118)45(14-7-27-87-73(81)82)96-66(121)49(31-39-18-20-40(108)21-19-39)100-67(122)50(32-58(112)113)101-69(124)52(37-107)102-64(119)46(15-8-28-88-74(83)84)95-62(117)44(13-3-6-26-78)98-70(125)54-17-10-30-104(54)71(126)48(16-9-29-89-75(85)86)99-59(114)41(79)35-105/h18-21,41-54,105-108,129H,1-17,22-38,76-79H2,(H2,80,109)(H,90,115)(H,91,116)(H,92,110)(H,93,111)(H,94,118)(H,95,117)(H,96,121)(H,97,123)(H,98,125)(H,99,114)(H,100,122)(H,101,124)(H,102,119)(H,103,120)(H,112,113)(H,127,128)(H4,81,82,87)(H4,83,84,88)(H4,85,86,89)/t41-,42-,43-,44-,45-,46-,47-,48-,49-,50-,51-,52-,53-,54-/m0/s1. The molecule has 1 aromatic rings. The number of hydrogen-bond donors (Lipinski definition) is 35. The number of carbonyl (C=O) groups is 18. The molecule has 724 valence electrons. The van der Waals surface area contributed by atoms with Crippen molar-refractivity contribution in [2.24, 2.45) is 45.9 Å². The Balaban J connectivity index is 2.52. The van der Waals surface area contributed by atoms with Crippen molar-refractivity contribution < 1.29 is 117 Å². The Kier molecular flexibility index (Phi) is 53.8. The zero-order chi connectivity index (χ0) is 96.8. The van der Waals surface area contributed by atoms with E-state index in [2.05, 4.69) is 103 Å². The number of likely N-dealkylation sites (tertiary alicyclic amines) is 1. The van der Waals surface area contributed by atoms with Gasteiger partial charge in [-0.3, -0.25) is 97.7 Å². The van der Waals surface area contributed by atoms with Crippen LogP contribution in [0.1, 0.15) is 134 Å². The van der Waals surface area contributed by atoms with Crippen LogP contribution in [0.2, 0.25) is 0 Å². The molecule has 53 nitrogen and oxygen atoms in total. The summed E-state index contributed by atoms with van der Waals surface area (Å²) >= 11 is 3.91. The Hall–Kier alpha value is -12.6. The van der Waals surface area contributed by atoms with Crippen molar-refractivity contribution in [3.8, 4) is 5.75 Å². The number of carboxylic acids is 2. The van der Waals surface area contributed by atoms with Crippen molar-refractivity contribution in [2.45, 2.75) is 219 Å². The maximum absolute atomic E-state index is 14.8. The third-order valence-electron chi connectivity index (χ3n) is 19.6. The number of aromatic hydroxyl groups is 1. The number of benzene rings is 1. The molecule has 1 heterocycles. The summed E-state index contributed by atoms with van der Waals surface area (Å²) in [5.41, 5.74) is 44.8. The molecule has 1 aromatic carbocycles. The number of amides is 16. The van der Waals surface area contributed by atoms with Gasteiger partial charge in [0.1, 0.15) is 90.3 Å². The number of aliphatic hydroxyl groups excluding tert-OH is 3. The van der Waals surface area contributed by atoms with Gasteiger partial charge in [-0.1, -0.05) is 12.1 Å². The minimum atomic E-state index is -2.18. The van der Waals surface area contributed by atoms with E-state index < -0.39 is 262 Å². The molecule has 14 atom stereocenters. The second-order valence-corrected chi connectivity index (χ2v) is 30.3. The molecule has 0 bridgehead atoms. The lowest BCUT2D eigenvalue weighted by Crippen LogP contribution is -2.61. The van der Waals surface area contributed by atoms with Crippen LogP contribution in [-0.2, 0) is 92.7 Å². The van der Waals surface area contributed by atoms with E-state index in [1.165, 1.54) is 29.2 Å². The fraction of sp³-hybridized carbons (Fsp3) is 0.640. The largest absolute Gasteiger partial charge is 0.508 e. The van der Waals surface area contributed by atoms with Gasteiger partial charge < -0.3 is 172 Å². The van der Waals surface area contributed by atoms with Crippen molar-refractivity contribution in [1.82, 2.24) is 95.3 Å². The fourth-order valence-corrected chi connectivity index (χ4v) is 12.9. The molecule has 129 heavy (non-hydrogen) atoms. The van der Waals surface area contributed by atoms with Gasteiger partial charge in [0, 0.05) is 44.8 Å². The van der Waals surface area contributed by atoms with Gasteiger partial charge in [0.05, 0.1) is 39.3 Å². The molecule has 0 spiro atoms. The highest BCUT2D eigenvalue weighted by atomic mass is 32.1. The molecule has 1 aliphatic rings. The lowest BCUT2D eigenvalue weighted by Gasteiger charge is -2.30. The first kappa shape index (κ1) is 112. The summed E-state index contributed by atoms with van der Waals surface area (Å²) in [6.45, 7) is -4.58. The fourth-order valence-electron chi connectivity index (χ4n) is 12.6. The number of thiol groups is 1. The summed E-state index contributed by atoms with van der Waals surface area (Å²) in [6.07, 6.45) is -1.75. The molecular weight excluding hydrogens is 1720 g/mol. The number of aliphatic hydroxyl groups is 3. The van der Waals surface area contributed by atoms with E-state index in [-0.39, 0.29) is 165 Å². The molecule has 54 heteroatoms. The van der Waals surface area contributed by atoms with Gasteiger partial charge >= 0.3 is 11.9 Å². The van der Waals surface area contributed by atoms with Crippen LogP contribution in [0.3, 0.4) is 0 Å². The van der Waals surface area contributed by atoms with E-state index >= 15 is 0 Å². The molecule has 1 aliphatic heterocycles. The lowest BCUT2D eigenvalue weighted by atomic mass is 10.0. The van der Waals surface area contributed by atoms with Crippen molar-refractivity contribution >= 4 is 137 Å². The lowest BCUT2D eigenvalue weighted by molar-refractivity contribution is -0.142. The molecule has 0 aromatic heterocycles. The van der Waals surface area contributed by atoms with Crippen LogP contribution in [0, 0.1) is 16.2 Å². The Labute approximate surface area is 747 Å². The number of guanidine groups is 3. The Morgan fingerprint density at radius 1 is 0.411 bits per heavy atom. The first-order valence-corrected chi connectivity index (χ1v) is 42.3. The van der Waals surface area contributed by atoms with Gasteiger partial charge in [0.25, 0.3) is 0 Å². The molecule has 0 saturated carbocycles. The van der Waals surface area contributed by atoms with Crippen molar-refractivity contribution in [3.05, 3.63) is 29.8 Å². The topological polar surface area (TPSA) is 916 Å². The third-order valence-corrected chi connectivity index (χ3v) is 20.0. The van der Waals surface area contributed by atoms with Crippen molar-refractivity contribution in [3.63, 3.8) is 0 Å². The van der Waals surface area contributed by atoms with Crippen LogP contribution in [-0.4, -0.2) is 329 Å². The molecule has 16 amide bonds. The molecule has 42 N–H and O–H groups in total. The normalized spacial score (nSPS) is 15.1. The van der Waals surface area contributed by atoms with Crippen LogP contribution in [0.5, 0.6) is 5.75 Å². The highest BCUT2D eigenvalue weighted by Crippen LogP contribution is 2.22. The highest BCUT2D eigenvalue weighted by molar-refractivity contribution is 7.80. The summed E-state index contributed by atoms with van der Waals surface area (Å²) in [7, 11) is 0. The molecule has 2 rings (SSSR count). The van der Waals surface area contributed by atoms with Crippen molar-refractivity contribution in [2.75, 3.05) is 84.5 Å². The van der Waals surface area contributed by atoms with Gasteiger partial charge in [-0.15, -0.1) is 0 Å². The summed E-state index contributed by atoms with van der Waals surface area (Å²) in [5, 5.41) is 123. The first-order valence-electron chi connectivity index (χ1n) is 41.7. The summed E-state index contributed by atoms with van der Waals surface area (Å²) in [4.78, 5) is 247. The number of nitrogens with one attached hydrogen (secondary N) is 20. The average molecular weight is 1850 g/mol. The Morgan fingerprint density at radius 2 is 0.760 bits per heavy atom. The monoisotopic (exact) mass is 1850 g/mol. The van der Waals surface area contributed by atoms with Gasteiger partial charge in [-0.05, 0) is 153 Å². The molecular formula is C75H129N29O24S. The summed E-state index contributed by atoms with van der Waals surface area (Å²) in [6, 6.07) is -17.6. The smallest absolute Gasteiger partial charge is 0.327 e. The van der Waals surface area contributed by atoms with Crippen LogP contribution in [0.4, 0.5) is 0 Å². The minimum Gasteiger partial charge on any atom is -0.508 e. The third kappa shape index (κ3) is 44.6. The number of carboxylic acid groups (broad SMARTS) is 2. The van der Waals surface area contributed by atoms with E-state index in [1.54, 1.807) is 0 Å². The van der Waals surface area contributed by atoms with E-state index in [4.69, 9.17) is 62.1 Å². The number of aliphatic carboxylic acids is 2. The quantitative estimate of drug-likeness (QED) is 0.0125. The van der Waals surface area contributed by atoms with Gasteiger partial charge in [0.15, 0.2) is 17.9 Å². The number of primary amides is 1. The molecule has 0 radical (unpaired) electrons. The number of nitrogens with zero attached hydrogens (tertiary/aromatic N) is 1. The first-order chi connectivity index (χ1) is 61.2. The second kappa shape index (κ2) is 61.7. The van der Waals surface area contributed by atoms with E-state index in [0.29, 0.717) is 12.8 Å². The minimum absolute atomic E-state index is 0.0183. The van der Waals surface area contributed by atoms with Crippen LogP contribution in [0.25, 0.3) is 0 Å². The van der Waals surface area contributed by atoms with Crippen LogP contribution >= 0.6 is 12.6 Å². The highest BCUT2D eigenvalue weighted by Gasteiger charge is 2.42. The SMILES string of the molecule is N=C(N)NCCC[C@H](NC(=O)[C@H](Cc1ccc(O)cc1)NC(=O)[C@H](CC(=O)O)NC(=O)[C@H](CO)NC(=O)[C@H](CCCNC(=N)N)NC(=O)[C@H](CCCCN)NC(=O)[C@@H]1CCCN1C(=O)[C@H](CCCNC(=N)N)NC(=O)[C@@H](N)CO)C(=O)N[C@@H](CCCCN)C(=O)NCC(=O)N[C@@H](CCC(N)=O)C(=O)NCC(=O)N[C@@H](CO)C(=O)N[C@@H](CCCCN)C(=O)N[C@@H](CS)C(=O)O. The number of hydrogen-bond acceptors (Lipinski definition) is 30. The summed E-state index contributed by atoms with van der Waals surface area (Å²) in [5.74, 6) is -22.1. The number of rotatable bonds is 65. The van der Waals surface area contributed by atoms with Crippen LogP contribution < -0.4 is 136 Å². The zero-order valence-corrected chi connectivity index (χ0v) is 72.4. The number of unbranched alkanes of at least 4 members (excludes halogenated alkanes) is 3. The predicted octanol–water partition coefficient (Wildman–Crippen LogP) is -13.8. The second-order valence-electron chi connectivity index (χ2n) is 29.9. The number of phenols is 1. The maximum atomic E-state index is 14.8. The summed E-state index contributed by atoms with van der Waals surface area (Å²) < 4.78 is 0.